The van der Waals surface area contributed by atoms with Crippen LogP contribution in [0.5, 0.6) is 0 Å². The monoisotopic (exact) mass is 278 g/mol. The average Bonchev–Trinajstić information content (AvgIpc) is 2.72. The van der Waals surface area contributed by atoms with Gasteiger partial charge in [-0.2, -0.15) is 0 Å². The van der Waals surface area contributed by atoms with Gasteiger partial charge in [-0.05, 0) is 17.0 Å². The van der Waals surface area contributed by atoms with Crippen molar-refractivity contribution in [2.75, 3.05) is 5.32 Å². The van der Waals surface area contributed by atoms with E-state index >= 15 is 0 Å². The highest BCUT2D eigenvalue weighted by Crippen LogP contribution is 2.34. The third kappa shape index (κ3) is 3.07. The van der Waals surface area contributed by atoms with E-state index < -0.39 is 0 Å². The molecule has 0 aliphatic rings. The van der Waals surface area contributed by atoms with Gasteiger partial charge in [0.05, 0.1) is 17.3 Å². The number of halogens is 1. The van der Waals surface area contributed by atoms with E-state index in [0.29, 0.717) is 6.54 Å². The summed E-state index contributed by atoms with van der Waals surface area (Å²) in [6.45, 7) is 7.12. The molecule has 2 rings (SSSR count). The van der Waals surface area contributed by atoms with Gasteiger partial charge in [-0.3, -0.25) is 0 Å². The van der Waals surface area contributed by atoms with Crippen LogP contribution in [0.4, 0.5) is 5.69 Å². The van der Waals surface area contributed by atoms with E-state index in [9.17, 15) is 0 Å². The van der Waals surface area contributed by atoms with E-state index in [1.807, 2.05) is 23.7 Å². The first-order valence-electron chi connectivity index (χ1n) is 6.25. The zero-order valence-electron chi connectivity index (χ0n) is 11.7. The number of aryl methyl sites for hydroxylation is 1. The SMILES string of the molecule is Cn1cnnc1CNc1c(Cl)cccc1C(C)(C)C. The van der Waals surface area contributed by atoms with Crippen LogP contribution in [-0.2, 0) is 19.0 Å². The van der Waals surface area contributed by atoms with Crippen LogP contribution in [0.3, 0.4) is 0 Å². The van der Waals surface area contributed by atoms with Crippen LogP contribution in [0.1, 0.15) is 32.2 Å². The minimum Gasteiger partial charge on any atom is -0.376 e. The lowest BCUT2D eigenvalue weighted by molar-refractivity contribution is 0.591. The zero-order valence-corrected chi connectivity index (χ0v) is 12.5. The molecule has 1 aromatic heterocycles. The lowest BCUT2D eigenvalue weighted by Crippen LogP contribution is -2.16. The second kappa shape index (κ2) is 5.21. The van der Waals surface area contributed by atoms with Crippen molar-refractivity contribution in [3.63, 3.8) is 0 Å². The first-order chi connectivity index (χ1) is 8.89. The molecule has 0 aliphatic carbocycles. The Labute approximate surface area is 118 Å². The van der Waals surface area contributed by atoms with Crippen molar-refractivity contribution in [2.45, 2.75) is 32.7 Å². The average molecular weight is 279 g/mol. The minimum absolute atomic E-state index is 0.0348. The van der Waals surface area contributed by atoms with Crippen molar-refractivity contribution in [1.82, 2.24) is 14.8 Å². The molecule has 1 N–H and O–H groups in total. The number of nitrogens with zero attached hydrogens (tertiary/aromatic N) is 3. The van der Waals surface area contributed by atoms with Gasteiger partial charge in [0.15, 0.2) is 5.82 Å². The van der Waals surface area contributed by atoms with Crippen LogP contribution in [0.15, 0.2) is 24.5 Å². The molecule has 0 unspecified atom stereocenters. The lowest BCUT2D eigenvalue weighted by atomic mass is 9.86. The van der Waals surface area contributed by atoms with E-state index in [4.69, 9.17) is 11.6 Å². The molecule has 0 amide bonds. The number of anilines is 1. The van der Waals surface area contributed by atoms with Gasteiger partial charge in [-0.25, -0.2) is 0 Å². The molecule has 0 saturated heterocycles. The topological polar surface area (TPSA) is 42.7 Å². The molecule has 2 aromatic rings. The summed E-state index contributed by atoms with van der Waals surface area (Å²) in [5.41, 5.74) is 2.20. The molecule has 0 aliphatic heterocycles. The highest BCUT2D eigenvalue weighted by atomic mass is 35.5. The Bertz CT molecular complexity index is 569. The van der Waals surface area contributed by atoms with E-state index in [1.165, 1.54) is 5.56 Å². The van der Waals surface area contributed by atoms with Gasteiger partial charge in [0.1, 0.15) is 6.33 Å². The number of nitrogens with one attached hydrogen (secondary N) is 1. The number of hydrogen-bond donors (Lipinski definition) is 1. The fraction of sp³-hybridized carbons (Fsp3) is 0.429. The predicted octanol–water partition coefficient (Wildman–Crippen LogP) is 3.38. The van der Waals surface area contributed by atoms with Gasteiger partial charge < -0.3 is 9.88 Å². The second-order valence-corrected chi connectivity index (χ2v) is 6.03. The molecular formula is C14H19ClN4. The van der Waals surface area contributed by atoms with Crippen molar-refractivity contribution in [3.05, 3.63) is 40.9 Å². The summed E-state index contributed by atoms with van der Waals surface area (Å²) < 4.78 is 1.89. The van der Waals surface area contributed by atoms with Gasteiger partial charge >= 0.3 is 0 Å². The number of benzene rings is 1. The normalized spacial score (nSPS) is 11.6. The van der Waals surface area contributed by atoms with Crippen LogP contribution < -0.4 is 5.32 Å². The summed E-state index contributed by atoms with van der Waals surface area (Å²) in [5, 5.41) is 12.0. The first-order valence-corrected chi connectivity index (χ1v) is 6.63. The van der Waals surface area contributed by atoms with E-state index in [0.717, 1.165) is 16.5 Å². The lowest BCUT2D eigenvalue weighted by Gasteiger charge is -2.24. The van der Waals surface area contributed by atoms with E-state index in [-0.39, 0.29) is 5.41 Å². The minimum atomic E-state index is 0.0348. The van der Waals surface area contributed by atoms with Gasteiger partial charge in [0.2, 0.25) is 0 Å². The van der Waals surface area contributed by atoms with E-state index in [1.54, 1.807) is 6.33 Å². The summed E-state index contributed by atoms with van der Waals surface area (Å²) in [6.07, 6.45) is 1.69. The molecule has 1 aromatic carbocycles. The molecule has 1 heterocycles. The fourth-order valence-corrected chi connectivity index (χ4v) is 2.20. The molecule has 0 bridgehead atoms. The van der Waals surface area contributed by atoms with Crippen LogP contribution in [0.25, 0.3) is 0 Å². The maximum absolute atomic E-state index is 6.31. The van der Waals surface area contributed by atoms with Crippen molar-refractivity contribution < 1.29 is 0 Å². The summed E-state index contributed by atoms with van der Waals surface area (Å²) in [6, 6.07) is 5.98. The number of aromatic nitrogens is 3. The molecule has 0 saturated carbocycles. The van der Waals surface area contributed by atoms with Crippen LogP contribution in [0.2, 0.25) is 5.02 Å². The Morgan fingerprint density at radius 2 is 2.05 bits per heavy atom. The summed E-state index contributed by atoms with van der Waals surface area (Å²) >= 11 is 6.31. The Morgan fingerprint density at radius 1 is 1.32 bits per heavy atom. The molecule has 0 fully saturated rings. The predicted molar refractivity (Wildman–Crippen MR) is 78.5 cm³/mol. The third-order valence-electron chi connectivity index (χ3n) is 3.05. The van der Waals surface area contributed by atoms with Crippen molar-refractivity contribution in [3.8, 4) is 0 Å². The fourth-order valence-electron chi connectivity index (χ4n) is 1.96. The third-order valence-corrected chi connectivity index (χ3v) is 3.37. The maximum atomic E-state index is 6.31. The number of rotatable bonds is 3. The largest absolute Gasteiger partial charge is 0.376 e. The zero-order chi connectivity index (χ0) is 14.0. The van der Waals surface area contributed by atoms with Gasteiger partial charge in [-0.1, -0.05) is 44.5 Å². The molecule has 0 atom stereocenters. The Morgan fingerprint density at radius 3 is 2.63 bits per heavy atom. The Balaban J connectivity index is 2.27. The quantitative estimate of drug-likeness (QED) is 0.936. The first kappa shape index (κ1) is 13.9. The van der Waals surface area contributed by atoms with Crippen molar-refractivity contribution in [1.29, 1.82) is 0 Å². The Kier molecular flexibility index (Phi) is 3.80. The van der Waals surface area contributed by atoms with Crippen LogP contribution in [0, 0.1) is 0 Å². The van der Waals surface area contributed by atoms with E-state index in [2.05, 4.69) is 42.4 Å². The molecule has 0 radical (unpaired) electrons. The highest BCUT2D eigenvalue weighted by molar-refractivity contribution is 6.33. The van der Waals surface area contributed by atoms with Gasteiger partial charge in [0.25, 0.3) is 0 Å². The number of hydrogen-bond acceptors (Lipinski definition) is 3. The summed E-state index contributed by atoms with van der Waals surface area (Å²) in [5.74, 6) is 0.875. The Hall–Kier alpha value is -1.55. The van der Waals surface area contributed by atoms with Gasteiger partial charge in [-0.15, -0.1) is 10.2 Å². The van der Waals surface area contributed by atoms with Crippen molar-refractivity contribution >= 4 is 17.3 Å². The standard InChI is InChI=1S/C14H19ClN4/c1-14(2,3)10-6-5-7-11(15)13(10)16-8-12-18-17-9-19(12)4/h5-7,9,16H,8H2,1-4H3. The number of para-hydroxylation sites is 1. The van der Waals surface area contributed by atoms with Gasteiger partial charge in [0, 0.05) is 7.05 Å². The summed E-state index contributed by atoms with van der Waals surface area (Å²) in [7, 11) is 1.92. The summed E-state index contributed by atoms with van der Waals surface area (Å²) in [4.78, 5) is 0. The van der Waals surface area contributed by atoms with Crippen molar-refractivity contribution in [2.24, 2.45) is 7.05 Å². The molecular weight excluding hydrogens is 260 g/mol. The molecule has 5 heteroatoms. The molecule has 0 spiro atoms. The van der Waals surface area contributed by atoms with Crippen LogP contribution in [-0.4, -0.2) is 14.8 Å². The molecule has 19 heavy (non-hydrogen) atoms. The molecule has 102 valence electrons. The second-order valence-electron chi connectivity index (χ2n) is 5.62. The maximum Gasteiger partial charge on any atom is 0.151 e. The highest BCUT2D eigenvalue weighted by Gasteiger charge is 2.19. The van der Waals surface area contributed by atoms with Crippen LogP contribution >= 0.6 is 11.6 Å². The smallest absolute Gasteiger partial charge is 0.151 e. The molecule has 4 nitrogen and oxygen atoms in total.